The van der Waals surface area contributed by atoms with Gasteiger partial charge in [0.2, 0.25) is 0 Å². The number of nitrogens with one attached hydrogen (secondary N) is 1. The number of likely N-dealkylation sites (N-methyl/N-ethyl adjacent to an activating group) is 1. The summed E-state index contributed by atoms with van der Waals surface area (Å²) in [5.41, 5.74) is 5.72. The van der Waals surface area contributed by atoms with Crippen molar-refractivity contribution in [3.63, 3.8) is 0 Å². The Kier molecular flexibility index (Phi) is 4.89. The van der Waals surface area contributed by atoms with Gasteiger partial charge >= 0.3 is 5.97 Å². The highest BCUT2D eigenvalue weighted by Gasteiger charge is 2.30. The Bertz CT molecular complexity index is 461. The van der Waals surface area contributed by atoms with Gasteiger partial charge in [-0.3, -0.25) is 4.79 Å². The predicted octanol–water partition coefficient (Wildman–Crippen LogP) is 2.04. The third kappa shape index (κ3) is 4.21. The van der Waals surface area contributed by atoms with Crippen LogP contribution in [0.2, 0.25) is 0 Å². The number of anilines is 1. The van der Waals surface area contributed by atoms with Gasteiger partial charge in [0, 0.05) is 6.04 Å². The van der Waals surface area contributed by atoms with Gasteiger partial charge in [-0.25, -0.2) is 4.39 Å². The van der Waals surface area contributed by atoms with Gasteiger partial charge < -0.3 is 16.2 Å². The fourth-order valence-electron chi connectivity index (χ4n) is 1.98. The van der Waals surface area contributed by atoms with Crippen molar-refractivity contribution in [2.45, 2.75) is 32.7 Å². The molecular weight excluding hydrogens is 247 g/mol. The molecule has 1 rings (SSSR count). The first-order valence-electron chi connectivity index (χ1n) is 6.21. The average Bonchev–Trinajstić information content (AvgIpc) is 2.32. The number of benzene rings is 1. The summed E-state index contributed by atoms with van der Waals surface area (Å²) in [7, 11) is 1.79. The van der Waals surface area contributed by atoms with Gasteiger partial charge in [-0.1, -0.05) is 6.07 Å². The van der Waals surface area contributed by atoms with Gasteiger partial charge in [-0.05, 0) is 51.4 Å². The molecule has 19 heavy (non-hydrogen) atoms. The molecule has 4 N–H and O–H groups in total. The largest absolute Gasteiger partial charge is 0.481 e. The molecule has 0 amide bonds. The van der Waals surface area contributed by atoms with E-state index in [-0.39, 0.29) is 11.7 Å². The van der Waals surface area contributed by atoms with Crippen molar-refractivity contribution in [3.05, 3.63) is 29.6 Å². The van der Waals surface area contributed by atoms with Crippen molar-refractivity contribution in [3.8, 4) is 0 Å². The quantitative estimate of drug-likeness (QED) is 0.690. The summed E-state index contributed by atoms with van der Waals surface area (Å²) in [5, 5.41) is 12.2. The number of aliphatic carboxylic acids is 1. The third-order valence-corrected chi connectivity index (χ3v) is 3.29. The number of nitrogen functional groups attached to an aromatic ring is 1. The van der Waals surface area contributed by atoms with Crippen LogP contribution in [-0.4, -0.2) is 24.2 Å². The van der Waals surface area contributed by atoms with Crippen LogP contribution in [0.5, 0.6) is 0 Å². The van der Waals surface area contributed by atoms with Crippen LogP contribution in [0, 0.1) is 11.2 Å². The summed E-state index contributed by atoms with van der Waals surface area (Å²) in [6, 6.07) is 4.59. The molecule has 1 aromatic carbocycles. The van der Waals surface area contributed by atoms with E-state index < -0.39 is 17.2 Å². The molecule has 5 heteroatoms. The molecule has 0 saturated carbocycles. The van der Waals surface area contributed by atoms with Crippen LogP contribution in [-0.2, 0) is 11.2 Å². The van der Waals surface area contributed by atoms with E-state index in [0.717, 1.165) is 5.56 Å². The Hall–Kier alpha value is -1.62. The van der Waals surface area contributed by atoms with Gasteiger partial charge in [0.1, 0.15) is 5.82 Å². The maximum atomic E-state index is 13.1. The van der Waals surface area contributed by atoms with Crippen LogP contribution >= 0.6 is 0 Å². The van der Waals surface area contributed by atoms with Crippen LogP contribution in [0.3, 0.4) is 0 Å². The zero-order chi connectivity index (χ0) is 14.6. The van der Waals surface area contributed by atoms with Gasteiger partial charge in [-0.2, -0.15) is 0 Å². The molecule has 0 fully saturated rings. The topological polar surface area (TPSA) is 75.3 Å². The van der Waals surface area contributed by atoms with E-state index >= 15 is 0 Å². The number of hydrogen-bond donors (Lipinski definition) is 3. The van der Waals surface area contributed by atoms with Crippen molar-refractivity contribution in [2.24, 2.45) is 5.41 Å². The lowest BCUT2D eigenvalue weighted by molar-refractivity contribution is -0.147. The van der Waals surface area contributed by atoms with E-state index in [4.69, 9.17) is 10.8 Å². The van der Waals surface area contributed by atoms with Crippen LogP contribution < -0.4 is 11.1 Å². The Morgan fingerprint density at radius 1 is 1.53 bits per heavy atom. The zero-order valence-electron chi connectivity index (χ0n) is 11.5. The summed E-state index contributed by atoms with van der Waals surface area (Å²) in [4.78, 5) is 11.1. The molecule has 0 saturated heterocycles. The van der Waals surface area contributed by atoms with Crippen molar-refractivity contribution in [1.29, 1.82) is 0 Å². The molecule has 0 aliphatic rings. The summed E-state index contributed by atoms with van der Waals surface area (Å²) in [6.07, 6.45) is 1.09. The normalized spacial score (nSPS) is 13.3. The maximum Gasteiger partial charge on any atom is 0.309 e. The molecule has 0 aliphatic carbocycles. The molecule has 4 nitrogen and oxygen atoms in total. The molecule has 0 aliphatic heterocycles. The lowest BCUT2D eigenvalue weighted by Crippen LogP contribution is -2.36. The minimum atomic E-state index is -0.827. The van der Waals surface area contributed by atoms with Crippen LogP contribution in [0.4, 0.5) is 10.1 Å². The van der Waals surface area contributed by atoms with Gasteiger partial charge in [0.15, 0.2) is 0 Å². The Labute approximate surface area is 112 Å². The second-order valence-electron chi connectivity index (χ2n) is 5.44. The smallest absolute Gasteiger partial charge is 0.309 e. The van der Waals surface area contributed by atoms with Gasteiger partial charge in [0.25, 0.3) is 0 Å². The number of halogens is 1. The van der Waals surface area contributed by atoms with E-state index in [2.05, 4.69) is 5.32 Å². The molecule has 0 spiro atoms. The van der Waals surface area contributed by atoms with E-state index in [1.54, 1.807) is 33.0 Å². The monoisotopic (exact) mass is 268 g/mol. The number of carbonyl (C=O) groups is 1. The summed E-state index contributed by atoms with van der Waals surface area (Å²) >= 11 is 0. The first-order valence-corrected chi connectivity index (χ1v) is 6.21. The average molecular weight is 268 g/mol. The van der Waals surface area contributed by atoms with Crippen LogP contribution in [0.25, 0.3) is 0 Å². The second-order valence-corrected chi connectivity index (χ2v) is 5.44. The number of nitrogens with two attached hydrogens (primary N) is 1. The van der Waals surface area contributed by atoms with Crippen LogP contribution in [0.15, 0.2) is 18.2 Å². The van der Waals surface area contributed by atoms with Crippen molar-refractivity contribution in [1.82, 2.24) is 5.32 Å². The first-order chi connectivity index (χ1) is 8.76. The second kappa shape index (κ2) is 6.02. The molecule has 0 aromatic heterocycles. The van der Waals surface area contributed by atoms with E-state index in [9.17, 15) is 9.18 Å². The molecule has 106 valence electrons. The Morgan fingerprint density at radius 2 is 2.16 bits per heavy atom. The molecule has 0 heterocycles. The summed E-state index contributed by atoms with van der Waals surface area (Å²) in [5.74, 6) is -1.26. The van der Waals surface area contributed by atoms with Gasteiger partial charge in [0.05, 0.1) is 11.1 Å². The standard InChI is InChI=1S/C14H21FN2O2/c1-14(2,13(18)19)8-10(17-3)6-9-4-5-11(15)12(16)7-9/h4-5,7,10,17H,6,8,16H2,1-3H3,(H,18,19). The number of rotatable bonds is 6. The molecule has 1 aromatic rings. The van der Waals surface area contributed by atoms with E-state index in [1.165, 1.54) is 6.07 Å². The minimum Gasteiger partial charge on any atom is -0.481 e. The molecule has 0 bridgehead atoms. The Morgan fingerprint density at radius 3 is 2.63 bits per heavy atom. The third-order valence-electron chi connectivity index (χ3n) is 3.29. The highest BCUT2D eigenvalue weighted by molar-refractivity contribution is 5.73. The highest BCUT2D eigenvalue weighted by atomic mass is 19.1. The first kappa shape index (κ1) is 15.4. The van der Waals surface area contributed by atoms with E-state index in [1.807, 2.05) is 0 Å². The predicted molar refractivity (Wildman–Crippen MR) is 73.4 cm³/mol. The molecule has 1 unspecified atom stereocenters. The zero-order valence-corrected chi connectivity index (χ0v) is 11.5. The Balaban J connectivity index is 2.77. The van der Waals surface area contributed by atoms with Crippen molar-refractivity contribution >= 4 is 11.7 Å². The fourth-order valence-corrected chi connectivity index (χ4v) is 1.98. The number of hydrogen-bond acceptors (Lipinski definition) is 3. The van der Waals surface area contributed by atoms with Gasteiger partial charge in [-0.15, -0.1) is 0 Å². The van der Waals surface area contributed by atoms with E-state index in [0.29, 0.717) is 12.8 Å². The number of carboxylic acids is 1. The van der Waals surface area contributed by atoms with Crippen molar-refractivity contribution < 1.29 is 14.3 Å². The minimum absolute atomic E-state index is 0.00374. The maximum absolute atomic E-state index is 13.1. The molecule has 0 radical (unpaired) electrons. The lowest BCUT2D eigenvalue weighted by Gasteiger charge is -2.26. The highest BCUT2D eigenvalue weighted by Crippen LogP contribution is 2.24. The van der Waals surface area contributed by atoms with Crippen LogP contribution in [0.1, 0.15) is 25.8 Å². The molecular formula is C14H21FN2O2. The molecule has 1 atom stereocenters. The number of carboxylic acid groups (broad SMARTS) is 1. The fraction of sp³-hybridized carbons (Fsp3) is 0.500. The summed E-state index contributed by atoms with van der Waals surface area (Å²) < 4.78 is 13.1. The SMILES string of the molecule is CNC(Cc1ccc(F)c(N)c1)CC(C)(C)C(=O)O. The summed E-state index contributed by atoms with van der Waals surface area (Å²) in [6.45, 7) is 3.39. The van der Waals surface area contributed by atoms with Crippen molar-refractivity contribution in [2.75, 3.05) is 12.8 Å². The lowest BCUT2D eigenvalue weighted by atomic mass is 9.84.